The largest absolute Gasteiger partial charge is 0.348 e. The van der Waals surface area contributed by atoms with Crippen molar-refractivity contribution in [3.05, 3.63) is 108 Å². The summed E-state index contributed by atoms with van der Waals surface area (Å²) in [6.45, 7) is 2.53. The van der Waals surface area contributed by atoms with Crippen LogP contribution >= 0.6 is 0 Å². The maximum absolute atomic E-state index is 12.6. The lowest BCUT2D eigenvalue weighted by Gasteiger charge is -2.10. The van der Waals surface area contributed by atoms with Crippen LogP contribution in [0.1, 0.15) is 21.5 Å². The fourth-order valence-corrected chi connectivity index (χ4v) is 3.13. The highest BCUT2D eigenvalue weighted by Gasteiger charge is 2.08. The number of amides is 1. The standard InChI is InChI=1S/C25H22N4O/c1-18-8-5-6-11-21(18)17-27-25(30)20-12-7-13-22(16-20)28-23-14-15-26-24(29-23)19-9-3-2-4-10-19/h2-16H,17H2,1H3,(H,27,30)(H,26,28,29). The summed E-state index contributed by atoms with van der Waals surface area (Å²) in [7, 11) is 0. The zero-order valence-electron chi connectivity index (χ0n) is 16.7. The quantitative estimate of drug-likeness (QED) is 0.476. The lowest BCUT2D eigenvalue weighted by atomic mass is 10.1. The summed E-state index contributed by atoms with van der Waals surface area (Å²) in [5.41, 5.74) is 4.59. The third kappa shape index (κ3) is 4.70. The molecule has 5 heteroatoms. The van der Waals surface area contributed by atoms with E-state index >= 15 is 0 Å². The van der Waals surface area contributed by atoms with Crippen LogP contribution in [-0.4, -0.2) is 15.9 Å². The lowest BCUT2D eigenvalue weighted by molar-refractivity contribution is 0.0951. The number of hydrogen-bond donors (Lipinski definition) is 2. The van der Waals surface area contributed by atoms with E-state index in [0.717, 1.165) is 22.4 Å². The van der Waals surface area contributed by atoms with Gasteiger partial charge in [0.2, 0.25) is 0 Å². The van der Waals surface area contributed by atoms with E-state index in [-0.39, 0.29) is 5.91 Å². The SMILES string of the molecule is Cc1ccccc1CNC(=O)c1cccc(Nc2ccnc(-c3ccccc3)n2)c1. The highest BCUT2D eigenvalue weighted by Crippen LogP contribution is 2.19. The molecule has 0 saturated carbocycles. The molecule has 1 amide bonds. The van der Waals surface area contributed by atoms with Crippen LogP contribution in [0.3, 0.4) is 0 Å². The molecule has 0 aliphatic carbocycles. The summed E-state index contributed by atoms with van der Waals surface area (Å²) in [5.74, 6) is 1.20. The molecule has 148 valence electrons. The molecule has 0 radical (unpaired) electrons. The predicted octanol–water partition coefficient (Wildman–Crippen LogP) is 5.13. The number of aryl methyl sites for hydroxylation is 1. The predicted molar refractivity (Wildman–Crippen MR) is 120 cm³/mol. The first-order chi connectivity index (χ1) is 14.7. The second kappa shape index (κ2) is 9.01. The van der Waals surface area contributed by atoms with E-state index < -0.39 is 0 Å². The van der Waals surface area contributed by atoms with Crippen LogP contribution in [0.2, 0.25) is 0 Å². The average molecular weight is 394 g/mol. The summed E-state index contributed by atoms with van der Waals surface area (Å²) in [5, 5.41) is 6.25. The molecule has 2 N–H and O–H groups in total. The Labute approximate surface area is 175 Å². The topological polar surface area (TPSA) is 66.9 Å². The number of aromatic nitrogens is 2. The maximum Gasteiger partial charge on any atom is 0.251 e. The number of nitrogens with zero attached hydrogens (tertiary/aromatic N) is 2. The summed E-state index contributed by atoms with van der Waals surface area (Å²) in [4.78, 5) is 21.5. The number of carbonyl (C=O) groups excluding carboxylic acids is 1. The first-order valence-electron chi connectivity index (χ1n) is 9.77. The Bertz CT molecular complexity index is 1160. The first-order valence-corrected chi connectivity index (χ1v) is 9.77. The Balaban J connectivity index is 1.46. The van der Waals surface area contributed by atoms with Gasteiger partial charge in [-0.15, -0.1) is 0 Å². The molecule has 0 saturated heterocycles. The number of benzene rings is 3. The van der Waals surface area contributed by atoms with E-state index in [4.69, 9.17) is 0 Å². The van der Waals surface area contributed by atoms with E-state index in [0.29, 0.717) is 23.8 Å². The monoisotopic (exact) mass is 394 g/mol. The van der Waals surface area contributed by atoms with Crippen molar-refractivity contribution in [2.45, 2.75) is 13.5 Å². The Kier molecular flexibility index (Phi) is 5.80. The van der Waals surface area contributed by atoms with E-state index in [9.17, 15) is 4.79 Å². The highest BCUT2D eigenvalue weighted by molar-refractivity contribution is 5.95. The zero-order valence-corrected chi connectivity index (χ0v) is 16.7. The number of nitrogens with one attached hydrogen (secondary N) is 2. The van der Waals surface area contributed by atoms with Gasteiger partial charge in [-0.3, -0.25) is 4.79 Å². The van der Waals surface area contributed by atoms with Gasteiger partial charge in [0.05, 0.1) is 0 Å². The molecule has 0 aliphatic rings. The minimum atomic E-state index is -0.116. The average Bonchev–Trinajstić information content (AvgIpc) is 2.79. The van der Waals surface area contributed by atoms with Gasteiger partial charge in [0, 0.05) is 29.6 Å². The molecular weight excluding hydrogens is 372 g/mol. The Morgan fingerprint density at radius 3 is 2.53 bits per heavy atom. The first kappa shape index (κ1) is 19.3. The highest BCUT2D eigenvalue weighted by atomic mass is 16.1. The molecule has 30 heavy (non-hydrogen) atoms. The molecular formula is C25H22N4O. The van der Waals surface area contributed by atoms with Gasteiger partial charge in [-0.25, -0.2) is 9.97 Å². The van der Waals surface area contributed by atoms with Gasteiger partial charge in [-0.05, 0) is 42.3 Å². The molecule has 0 unspecified atom stereocenters. The van der Waals surface area contributed by atoms with Crippen LogP contribution in [0.4, 0.5) is 11.5 Å². The Morgan fingerprint density at radius 2 is 1.70 bits per heavy atom. The molecule has 0 atom stereocenters. The second-order valence-electron chi connectivity index (χ2n) is 6.95. The fourth-order valence-electron chi connectivity index (χ4n) is 3.13. The molecule has 4 rings (SSSR count). The maximum atomic E-state index is 12.6. The van der Waals surface area contributed by atoms with Gasteiger partial charge in [0.1, 0.15) is 5.82 Å². The van der Waals surface area contributed by atoms with E-state index in [1.54, 1.807) is 18.3 Å². The smallest absolute Gasteiger partial charge is 0.251 e. The number of anilines is 2. The van der Waals surface area contributed by atoms with Crippen molar-refractivity contribution in [3.63, 3.8) is 0 Å². The zero-order chi connectivity index (χ0) is 20.8. The van der Waals surface area contributed by atoms with E-state index in [1.165, 1.54) is 0 Å². The number of rotatable bonds is 6. The molecule has 1 aromatic heterocycles. The van der Waals surface area contributed by atoms with E-state index in [2.05, 4.69) is 20.6 Å². The fraction of sp³-hybridized carbons (Fsp3) is 0.0800. The summed E-state index contributed by atoms with van der Waals surface area (Å²) < 4.78 is 0. The van der Waals surface area contributed by atoms with Crippen molar-refractivity contribution in [2.75, 3.05) is 5.32 Å². The van der Waals surface area contributed by atoms with Crippen LogP contribution in [0.15, 0.2) is 91.1 Å². The van der Waals surface area contributed by atoms with Crippen molar-refractivity contribution >= 4 is 17.4 Å². The molecule has 0 fully saturated rings. The van der Waals surface area contributed by atoms with Gasteiger partial charge < -0.3 is 10.6 Å². The van der Waals surface area contributed by atoms with Crippen LogP contribution in [-0.2, 0) is 6.54 Å². The van der Waals surface area contributed by atoms with Crippen LogP contribution in [0.25, 0.3) is 11.4 Å². The summed E-state index contributed by atoms with van der Waals surface area (Å²) in [6, 6.07) is 27.0. The number of carbonyl (C=O) groups is 1. The molecule has 0 spiro atoms. The van der Waals surface area contributed by atoms with Crippen LogP contribution < -0.4 is 10.6 Å². The Morgan fingerprint density at radius 1 is 0.900 bits per heavy atom. The van der Waals surface area contributed by atoms with Crippen molar-refractivity contribution in [3.8, 4) is 11.4 Å². The van der Waals surface area contributed by atoms with Gasteiger partial charge in [-0.1, -0.05) is 60.7 Å². The third-order valence-electron chi connectivity index (χ3n) is 4.79. The molecule has 4 aromatic rings. The molecule has 0 bridgehead atoms. The van der Waals surface area contributed by atoms with Crippen molar-refractivity contribution in [2.24, 2.45) is 0 Å². The van der Waals surface area contributed by atoms with Gasteiger partial charge >= 0.3 is 0 Å². The molecule has 1 heterocycles. The third-order valence-corrected chi connectivity index (χ3v) is 4.79. The van der Waals surface area contributed by atoms with Crippen molar-refractivity contribution in [1.82, 2.24) is 15.3 Å². The normalized spacial score (nSPS) is 10.4. The van der Waals surface area contributed by atoms with Gasteiger partial charge in [0.25, 0.3) is 5.91 Å². The Hall–Kier alpha value is -3.99. The summed E-state index contributed by atoms with van der Waals surface area (Å²) in [6.07, 6.45) is 1.72. The minimum absolute atomic E-state index is 0.116. The van der Waals surface area contributed by atoms with Crippen LogP contribution in [0.5, 0.6) is 0 Å². The minimum Gasteiger partial charge on any atom is -0.348 e. The van der Waals surface area contributed by atoms with Crippen LogP contribution in [0, 0.1) is 6.92 Å². The number of hydrogen-bond acceptors (Lipinski definition) is 4. The molecule has 3 aromatic carbocycles. The van der Waals surface area contributed by atoms with Crippen molar-refractivity contribution < 1.29 is 4.79 Å². The van der Waals surface area contributed by atoms with E-state index in [1.807, 2.05) is 79.7 Å². The van der Waals surface area contributed by atoms with Crippen molar-refractivity contribution in [1.29, 1.82) is 0 Å². The second-order valence-corrected chi connectivity index (χ2v) is 6.95. The summed E-state index contributed by atoms with van der Waals surface area (Å²) >= 11 is 0. The van der Waals surface area contributed by atoms with Gasteiger partial charge in [0.15, 0.2) is 5.82 Å². The molecule has 5 nitrogen and oxygen atoms in total. The lowest BCUT2D eigenvalue weighted by Crippen LogP contribution is -2.23. The van der Waals surface area contributed by atoms with Gasteiger partial charge in [-0.2, -0.15) is 0 Å². The molecule has 0 aliphatic heterocycles.